The Kier molecular flexibility index (Phi) is 4.62. The minimum atomic E-state index is 0.506. The molecule has 2 atom stereocenters. The summed E-state index contributed by atoms with van der Waals surface area (Å²) in [5.41, 5.74) is 0. The standard InChI is InChI=1S/C13H26N2O/c1-3-7-15(12-9-14-10-12)11-5-4-6-13(8-11)16-2/h11-14H,3-10H2,1-2H3. The molecule has 2 unspecified atom stereocenters. The Bertz CT molecular complexity index is 206. The van der Waals surface area contributed by atoms with E-state index in [0.29, 0.717) is 6.10 Å². The lowest BCUT2D eigenvalue weighted by molar-refractivity contribution is 0.00486. The zero-order valence-corrected chi connectivity index (χ0v) is 10.7. The van der Waals surface area contributed by atoms with Gasteiger partial charge < -0.3 is 10.1 Å². The second-order valence-corrected chi connectivity index (χ2v) is 5.23. The molecule has 0 aromatic carbocycles. The quantitative estimate of drug-likeness (QED) is 0.771. The molecule has 94 valence electrons. The van der Waals surface area contributed by atoms with Crippen LogP contribution in [-0.4, -0.2) is 49.8 Å². The molecule has 2 rings (SSSR count). The van der Waals surface area contributed by atoms with Gasteiger partial charge in [0.05, 0.1) is 6.10 Å². The zero-order chi connectivity index (χ0) is 11.4. The van der Waals surface area contributed by atoms with Gasteiger partial charge in [0, 0.05) is 32.3 Å². The van der Waals surface area contributed by atoms with Crippen LogP contribution in [-0.2, 0) is 4.74 Å². The third kappa shape index (κ3) is 2.76. The van der Waals surface area contributed by atoms with Gasteiger partial charge in [0.15, 0.2) is 0 Å². The Morgan fingerprint density at radius 1 is 1.25 bits per heavy atom. The van der Waals surface area contributed by atoms with Crippen LogP contribution in [0.15, 0.2) is 0 Å². The van der Waals surface area contributed by atoms with Crippen molar-refractivity contribution in [3.05, 3.63) is 0 Å². The van der Waals surface area contributed by atoms with Gasteiger partial charge in [-0.25, -0.2) is 0 Å². The second-order valence-electron chi connectivity index (χ2n) is 5.23. The van der Waals surface area contributed by atoms with Crippen molar-refractivity contribution in [3.8, 4) is 0 Å². The SMILES string of the molecule is CCCN(C1CNC1)C1CCCC(OC)C1. The van der Waals surface area contributed by atoms with Crippen LogP contribution in [0.2, 0.25) is 0 Å². The first-order valence-electron chi connectivity index (χ1n) is 6.84. The van der Waals surface area contributed by atoms with E-state index in [1.165, 1.54) is 51.7 Å². The monoisotopic (exact) mass is 226 g/mol. The average Bonchev–Trinajstić information content (AvgIpc) is 2.26. The van der Waals surface area contributed by atoms with Crippen LogP contribution in [0.5, 0.6) is 0 Å². The predicted molar refractivity (Wildman–Crippen MR) is 66.7 cm³/mol. The second kappa shape index (κ2) is 5.99. The summed E-state index contributed by atoms with van der Waals surface area (Å²) in [4.78, 5) is 2.74. The molecule has 16 heavy (non-hydrogen) atoms. The Balaban J connectivity index is 1.90. The highest BCUT2D eigenvalue weighted by Crippen LogP contribution is 2.27. The summed E-state index contributed by atoms with van der Waals surface area (Å²) in [5, 5.41) is 3.39. The summed E-state index contributed by atoms with van der Waals surface area (Å²) < 4.78 is 5.54. The number of methoxy groups -OCH3 is 1. The van der Waals surface area contributed by atoms with Gasteiger partial charge in [-0.2, -0.15) is 0 Å². The smallest absolute Gasteiger partial charge is 0.0586 e. The minimum Gasteiger partial charge on any atom is -0.381 e. The third-order valence-electron chi connectivity index (χ3n) is 4.11. The lowest BCUT2D eigenvalue weighted by Crippen LogP contribution is -2.60. The predicted octanol–water partition coefficient (Wildman–Crippen LogP) is 1.63. The average molecular weight is 226 g/mol. The van der Waals surface area contributed by atoms with Crippen LogP contribution < -0.4 is 5.32 Å². The molecule has 1 saturated carbocycles. The molecule has 1 N–H and O–H groups in total. The summed E-state index contributed by atoms with van der Waals surface area (Å²) in [5.74, 6) is 0. The third-order valence-corrected chi connectivity index (χ3v) is 4.11. The molecule has 0 aromatic heterocycles. The van der Waals surface area contributed by atoms with Gasteiger partial charge in [-0.1, -0.05) is 6.92 Å². The fraction of sp³-hybridized carbons (Fsp3) is 1.00. The van der Waals surface area contributed by atoms with Gasteiger partial charge in [0.2, 0.25) is 0 Å². The number of ether oxygens (including phenoxy) is 1. The summed E-state index contributed by atoms with van der Waals surface area (Å²) in [6, 6.07) is 1.56. The van der Waals surface area contributed by atoms with Gasteiger partial charge in [-0.15, -0.1) is 0 Å². The molecule has 1 aliphatic heterocycles. The molecule has 0 bridgehead atoms. The lowest BCUT2D eigenvalue weighted by atomic mass is 9.90. The topological polar surface area (TPSA) is 24.5 Å². The Hall–Kier alpha value is -0.120. The maximum absolute atomic E-state index is 5.54. The maximum Gasteiger partial charge on any atom is 0.0586 e. The molecular weight excluding hydrogens is 200 g/mol. The van der Waals surface area contributed by atoms with Crippen molar-refractivity contribution in [1.29, 1.82) is 0 Å². The number of hydrogen-bond acceptors (Lipinski definition) is 3. The van der Waals surface area contributed by atoms with Crippen molar-refractivity contribution < 1.29 is 4.74 Å². The van der Waals surface area contributed by atoms with E-state index in [9.17, 15) is 0 Å². The van der Waals surface area contributed by atoms with E-state index < -0.39 is 0 Å². The highest BCUT2D eigenvalue weighted by Gasteiger charge is 2.32. The van der Waals surface area contributed by atoms with E-state index in [1.54, 1.807) is 0 Å². The van der Waals surface area contributed by atoms with Crippen LogP contribution in [0, 0.1) is 0 Å². The van der Waals surface area contributed by atoms with Gasteiger partial charge in [0.25, 0.3) is 0 Å². The molecule has 1 heterocycles. The van der Waals surface area contributed by atoms with Crippen molar-refractivity contribution >= 4 is 0 Å². The molecule has 3 heteroatoms. The normalized spacial score (nSPS) is 31.7. The van der Waals surface area contributed by atoms with E-state index >= 15 is 0 Å². The van der Waals surface area contributed by atoms with E-state index in [-0.39, 0.29) is 0 Å². The maximum atomic E-state index is 5.54. The van der Waals surface area contributed by atoms with Crippen molar-refractivity contribution in [2.45, 2.75) is 57.2 Å². The number of hydrogen-bond donors (Lipinski definition) is 1. The van der Waals surface area contributed by atoms with E-state index in [2.05, 4.69) is 17.1 Å². The Labute approximate surface area is 99.5 Å². The van der Waals surface area contributed by atoms with E-state index in [4.69, 9.17) is 4.74 Å². The van der Waals surface area contributed by atoms with Crippen LogP contribution in [0.1, 0.15) is 39.0 Å². The van der Waals surface area contributed by atoms with Crippen LogP contribution in [0.25, 0.3) is 0 Å². The Morgan fingerprint density at radius 2 is 2.06 bits per heavy atom. The summed E-state index contributed by atoms with van der Waals surface area (Å²) >= 11 is 0. The number of rotatable bonds is 5. The molecular formula is C13H26N2O. The first-order chi connectivity index (χ1) is 7.85. The van der Waals surface area contributed by atoms with Gasteiger partial charge >= 0.3 is 0 Å². The molecule has 3 nitrogen and oxygen atoms in total. The Morgan fingerprint density at radius 3 is 2.62 bits per heavy atom. The van der Waals surface area contributed by atoms with E-state index in [1.807, 2.05) is 7.11 Å². The van der Waals surface area contributed by atoms with Crippen LogP contribution in [0.4, 0.5) is 0 Å². The van der Waals surface area contributed by atoms with Crippen molar-refractivity contribution in [2.24, 2.45) is 0 Å². The molecule has 0 radical (unpaired) electrons. The van der Waals surface area contributed by atoms with Gasteiger partial charge in [-0.05, 0) is 38.6 Å². The molecule has 2 aliphatic rings. The molecule has 2 fully saturated rings. The minimum absolute atomic E-state index is 0.506. The number of nitrogens with zero attached hydrogens (tertiary/aromatic N) is 1. The molecule has 0 amide bonds. The van der Waals surface area contributed by atoms with Crippen LogP contribution in [0.3, 0.4) is 0 Å². The molecule has 0 spiro atoms. The largest absolute Gasteiger partial charge is 0.381 e. The first kappa shape index (κ1) is 12.3. The highest BCUT2D eigenvalue weighted by atomic mass is 16.5. The zero-order valence-electron chi connectivity index (χ0n) is 10.7. The molecule has 1 saturated heterocycles. The summed E-state index contributed by atoms with van der Waals surface area (Å²) in [7, 11) is 1.86. The summed E-state index contributed by atoms with van der Waals surface area (Å²) in [6.07, 6.45) is 6.99. The fourth-order valence-electron chi connectivity index (χ4n) is 3.07. The molecule has 0 aromatic rings. The van der Waals surface area contributed by atoms with Gasteiger partial charge in [-0.3, -0.25) is 4.90 Å². The van der Waals surface area contributed by atoms with Crippen molar-refractivity contribution in [3.63, 3.8) is 0 Å². The van der Waals surface area contributed by atoms with Crippen LogP contribution >= 0.6 is 0 Å². The van der Waals surface area contributed by atoms with Gasteiger partial charge in [0.1, 0.15) is 0 Å². The number of nitrogens with one attached hydrogen (secondary N) is 1. The van der Waals surface area contributed by atoms with Crippen molar-refractivity contribution in [1.82, 2.24) is 10.2 Å². The van der Waals surface area contributed by atoms with Crippen molar-refractivity contribution in [2.75, 3.05) is 26.7 Å². The molecule has 1 aliphatic carbocycles. The highest BCUT2D eigenvalue weighted by molar-refractivity contribution is 4.90. The summed E-state index contributed by atoms with van der Waals surface area (Å²) in [6.45, 7) is 5.92. The fourth-order valence-corrected chi connectivity index (χ4v) is 3.07. The lowest BCUT2D eigenvalue weighted by Gasteiger charge is -2.45. The first-order valence-corrected chi connectivity index (χ1v) is 6.84. The van der Waals surface area contributed by atoms with E-state index in [0.717, 1.165) is 12.1 Å².